The molecule has 1 heterocycles. The first-order valence-corrected chi connectivity index (χ1v) is 4.33. The molecule has 0 fully saturated rings. The second kappa shape index (κ2) is 3.79. The van der Waals surface area contributed by atoms with Crippen molar-refractivity contribution in [1.82, 2.24) is 4.98 Å². The second-order valence-corrected chi connectivity index (χ2v) is 2.90. The number of hydrogen-bond acceptors (Lipinski definition) is 2. The van der Waals surface area contributed by atoms with Gasteiger partial charge in [-0.15, -0.1) is 0 Å². The summed E-state index contributed by atoms with van der Waals surface area (Å²) in [6.07, 6.45) is 1.80. The quantitative estimate of drug-likeness (QED) is 0.422. The number of hydrogen-bond donors (Lipinski definition) is 2. The summed E-state index contributed by atoms with van der Waals surface area (Å²) in [5, 5.41) is 12.2. The Morgan fingerprint density at radius 3 is 2.43 bits per heavy atom. The van der Waals surface area contributed by atoms with Crippen LogP contribution in [0.3, 0.4) is 0 Å². The van der Waals surface area contributed by atoms with E-state index in [9.17, 15) is 0 Å². The molecule has 0 unspecified atom stereocenters. The van der Waals surface area contributed by atoms with E-state index in [-0.39, 0.29) is 0 Å². The normalized spacial score (nSPS) is 11.6. The molecule has 1 aromatic carbocycles. The number of nitrogens with zero attached hydrogens (tertiary/aromatic N) is 1. The van der Waals surface area contributed by atoms with Crippen molar-refractivity contribution in [2.75, 3.05) is 0 Å². The number of aromatic nitrogens is 1. The lowest BCUT2D eigenvalue weighted by Crippen LogP contribution is -2.03. The third-order valence-electron chi connectivity index (χ3n) is 2.00. The van der Waals surface area contributed by atoms with Gasteiger partial charge in [-0.1, -0.05) is 35.5 Å². The Labute approximate surface area is 81.7 Å². The smallest absolute Gasteiger partial charge is 0.133 e. The number of nitrogens with one attached hydrogen (secondary N) is 1. The maximum absolute atomic E-state index is 8.92. The van der Waals surface area contributed by atoms with Crippen LogP contribution in [-0.2, 0) is 0 Å². The minimum atomic E-state index is 0.551. The van der Waals surface area contributed by atoms with Crippen molar-refractivity contribution >= 4 is 5.71 Å². The van der Waals surface area contributed by atoms with Crippen LogP contribution in [0.2, 0.25) is 0 Å². The zero-order valence-corrected chi connectivity index (χ0v) is 7.51. The van der Waals surface area contributed by atoms with Gasteiger partial charge in [0.2, 0.25) is 0 Å². The Bertz CT molecular complexity index is 418. The summed E-state index contributed by atoms with van der Waals surface area (Å²) < 4.78 is 0. The van der Waals surface area contributed by atoms with Gasteiger partial charge in [0.1, 0.15) is 5.71 Å². The van der Waals surface area contributed by atoms with Crippen LogP contribution in [0.1, 0.15) is 11.3 Å². The van der Waals surface area contributed by atoms with E-state index in [1.54, 1.807) is 6.20 Å². The minimum absolute atomic E-state index is 0.551. The summed E-state index contributed by atoms with van der Waals surface area (Å²) >= 11 is 0. The topological polar surface area (TPSA) is 48.4 Å². The van der Waals surface area contributed by atoms with E-state index in [2.05, 4.69) is 10.1 Å². The molecule has 0 aliphatic heterocycles. The molecule has 2 N–H and O–H groups in total. The van der Waals surface area contributed by atoms with Gasteiger partial charge in [0.25, 0.3) is 0 Å². The van der Waals surface area contributed by atoms with Gasteiger partial charge < -0.3 is 10.2 Å². The highest BCUT2D eigenvalue weighted by Gasteiger charge is 2.06. The van der Waals surface area contributed by atoms with Crippen LogP contribution < -0.4 is 0 Å². The lowest BCUT2D eigenvalue weighted by Gasteiger charge is -2.01. The first-order chi connectivity index (χ1) is 6.92. The summed E-state index contributed by atoms with van der Waals surface area (Å²) in [7, 11) is 0. The van der Waals surface area contributed by atoms with Crippen LogP contribution in [0.15, 0.2) is 53.8 Å². The van der Waals surface area contributed by atoms with Crippen molar-refractivity contribution < 1.29 is 5.21 Å². The van der Waals surface area contributed by atoms with Crippen LogP contribution in [0.5, 0.6) is 0 Å². The van der Waals surface area contributed by atoms with Gasteiger partial charge in [-0.2, -0.15) is 0 Å². The van der Waals surface area contributed by atoms with Crippen molar-refractivity contribution in [2.24, 2.45) is 5.16 Å². The zero-order chi connectivity index (χ0) is 9.80. The maximum atomic E-state index is 8.92. The largest absolute Gasteiger partial charge is 0.410 e. The van der Waals surface area contributed by atoms with E-state index < -0.39 is 0 Å². The number of benzene rings is 1. The summed E-state index contributed by atoms with van der Waals surface area (Å²) in [6.45, 7) is 0. The fraction of sp³-hybridized carbons (Fsp3) is 0. The predicted molar refractivity (Wildman–Crippen MR) is 54.7 cm³/mol. The lowest BCUT2D eigenvalue weighted by atomic mass is 10.1. The SMILES string of the molecule is O/N=C(/c1ccccc1)c1ccc[nH]1. The number of oxime groups is 1. The predicted octanol–water partition coefficient (Wildman–Crippen LogP) is 2.24. The van der Waals surface area contributed by atoms with Crippen LogP contribution in [0.25, 0.3) is 0 Å². The minimum Gasteiger partial charge on any atom is -0.410 e. The highest BCUT2D eigenvalue weighted by molar-refractivity contribution is 6.11. The molecule has 70 valence electrons. The maximum Gasteiger partial charge on any atom is 0.133 e. The first-order valence-electron chi connectivity index (χ1n) is 4.33. The van der Waals surface area contributed by atoms with Crippen LogP contribution >= 0.6 is 0 Å². The molecule has 0 saturated carbocycles. The van der Waals surface area contributed by atoms with Gasteiger partial charge in [0.15, 0.2) is 0 Å². The van der Waals surface area contributed by atoms with Crippen LogP contribution in [0.4, 0.5) is 0 Å². The van der Waals surface area contributed by atoms with E-state index in [1.807, 2.05) is 42.5 Å². The van der Waals surface area contributed by atoms with Crippen molar-refractivity contribution in [1.29, 1.82) is 0 Å². The molecular weight excluding hydrogens is 176 g/mol. The van der Waals surface area contributed by atoms with E-state index in [4.69, 9.17) is 5.21 Å². The zero-order valence-electron chi connectivity index (χ0n) is 7.51. The molecule has 0 aliphatic rings. The Balaban J connectivity index is 2.43. The van der Waals surface area contributed by atoms with Crippen molar-refractivity contribution in [2.45, 2.75) is 0 Å². The van der Waals surface area contributed by atoms with Crippen molar-refractivity contribution in [3.63, 3.8) is 0 Å². The summed E-state index contributed by atoms with van der Waals surface area (Å²) in [4.78, 5) is 3.00. The molecule has 14 heavy (non-hydrogen) atoms. The molecule has 0 aliphatic carbocycles. The summed E-state index contributed by atoms with van der Waals surface area (Å²) in [6, 6.07) is 13.3. The Kier molecular flexibility index (Phi) is 2.32. The fourth-order valence-electron chi connectivity index (χ4n) is 1.34. The van der Waals surface area contributed by atoms with E-state index in [0.717, 1.165) is 11.3 Å². The summed E-state index contributed by atoms with van der Waals surface area (Å²) in [5.74, 6) is 0. The Hall–Kier alpha value is -2.03. The summed E-state index contributed by atoms with van der Waals surface area (Å²) in [5.41, 5.74) is 2.24. The van der Waals surface area contributed by atoms with Gasteiger partial charge in [0, 0.05) is 11.8 Å². The second-order valence-electron chi connectivity index (χ2n) is 2.90. The molecule has 3 nitrogen and oxygen atoms in total. The highest BCUT2D eigenvalue weighted by Crippen LogP contribution is 2.08. The number of rotatable bonds is 2. The third kappa shape index (κ3) is 1.52. The van der Waals surface area contributed by atoms with E-state index in [0.29, 0.717) is 5.71 Å². The van der Waals surface area contributed by atoms with Crippen LogP contribution in [-0.4, -0.2) is 15.9 Å². The molecule has 0 spiro atoms. The molecule has 0 bridgehead atoms. The molecular formula is C11H10N2O. The molecule has 3 heteroatoms. The van der Waals surface area contributed by atoms with Gasteiger partial charge in [-0.3, -0.25) is 0 Å². The first kappa shape index (κ1) is 8.56. The van der Waals surface area contributed by atoms with Crippen molar-refractivity contribution in [3.05, 3.63) is 59.9 Å². The van der Waals surface area contributed by atoms with E-state index >= 15 is 0 Å². The molecule has 2 aromatic rings. The number of H-pyrrole nitrogens is 1. The number of aromatic amines is 1. The van der Waals surface area contributed by atoms with Crippen LogP contribution in [0, 0.1) is 0 Å². The van der Waals surface area contributed by atoms with Crippen molar-refractivity contribution in [3.8, 4) is 0 Å². The third-order valence-corrected chi connectivity index (χ3v) is 2.00. The fourth-order valence-corrected chi connectivity index (χ4v) is 1.34. The highest BCUT2D eigenvalue weighted by atomic mass is 16.4. The average Bonchev–Trinajstić information content (AvgIpc) is 2.74. The molecule has 0 radical (unpaired) electrons. The average molecular weight is 186 g/mol. The Morgan fingerprint density at radius 2 is 1.86 bits per heavy atom. The molecule has 0 atom stereocenters. The standard InChI is InChI=1S/C11H10N2O/c14-13-11(10-7-4-8-12-10)9-5-2-1-3-6-9/h1-8,12,14H/b13-11-. The Morgan fingerprint density at radius 1 is 1.07 bits per heavy atom. The van der Waals surface area contributed by atoms with E-state index in [1.165, 1.54) is 0 Å². The molecule has 2 rings (SSSR count). The van der Waals surface area contributed by atoms with Gasteiger partial charge in [-0.05, 0) is 12.1 Å². The molecule has 0 amide bonds. The lowest BCUT2D eigenvalue weighted by molar-refractivity contribution is 0.319. The van der Waals surface area contributed by atoms with Gasteiger partial charge in [-0.25, -0.2) is 0 Å². The molecule has 0 saturated heterocycles. The van der Waals surface area contributed by atoms with Gasteiger partial charge >= 0.3 is 0 Å². The monoisotopic (exact) mass is 186 g/mol. The van der Waals surface area contributed by atoms with Gasteiger partial charge in [0.05, 0.1) is 5.69 Å². The molecule has 1 aromatic heterocycles.